The lowest BCUT2D eigenvalue weighted by Gasteiger charge is -2.27. The summed E-state index contributed by atoms with van der Waals surface area (Å²) >= 11 is 0. The molecule has 166 valence electrons. The maximum atomic E-state index is 13.0. The van der Waals surface area contributed by atoms with E-state index in [2.05, 4.69) is 15.6 Å². The molecule has 9 nitrogen and oxygen atoms in total. The lowest BCUT2D eigenvalue weighted by molar-refractivity contribution is -0.124. The first-order chi connectivity index (χ1) is 16.0. The Kier molecular flexibility index (Phi) is 4.86. The molecule has 1 aliphatic heterocycles. The highest BCUT2D eigenvalue weighted by atomic mass is 16.5. The Bertz CT molecular complexity index is 1350. The van der Waals surface area contributed by atoms with E-state index in [1.54, 1.807) is 74.2 Å². The maximum Gasteiger partial charge on any atom is 0.322 e. The number of nitrogens with zero attached hydrogens (tertiary/aromatic N) is 2. The van der Waals surface area contributed by atoms with Crippen molar-refractivity contribution in [2.45, 2.75) is 12.1 Å². The number of pyridine rings is 1. The molecule has 5 rings (SSSR count). The Morgan fingerprint density at radius 1 is 1.06 bits per heavy atom. The van der Waals surface area contributed by atoms with Gasteiger partial charge in [0.05, 0.1) is 19.9 Å². The van der Waals surface area contributed by atoms with Crippen LogP contribution in [0.3, 0.4) is 0 Å². The van der Waals surface area contributed by atoms with Crippen molar-refractivity contribution < 1.29 is 24.2 Å². The minimum absolute atomic E-state index is 0.0176. The number of methoxy groups -OCH3 is 1. The minimum atomic E-state index is -1.42. The first kappa shape index (κ1) is 20.4. The molecule has 9 heteroatoms. The zero-order valence-corrected chi connectivity index (χ0v) is 17.6. The average Bonchev–Trinajstić information content (AvgIpc) is 3.29. The number of imide groups is 1. The Labute approximate surface area is 188 Å². The third-order valence-corrected chi connectivity index (χ3v) is 5.63. The first-order valence-electron chi connectivity index (χ1n) is 10.2. The van der Waals surface area contributed by atoms with E-state index >= 15 is 0 Å². The van der Waals surface area contributed by atoms with E-state index in [1.165, 1.54) is 4.57 Å². The van der Waals surface area contributed by atoms with Crippen LogP contribution in [0.15, 0.2) is 73.2 Å². The average molecular weight is 444 g/mol. The van der Waals surface area contributed by atoms with Crippen molar-refractivity contribution in [3.8, 4) is 23.1 Å². The number of benzene rings is 2. The maximum absolute atomic E-state index is 13.0. The Balaban J connectivity index is 1.51. The molecule has 2 aromatic carbocycles. The fraction of sp³-hybridized carbons (Fsp3) is 0.125. The molecule has 0 spiro atoms. The smallest absolute Gasteiger partial charge is 0.322 e. The molecular formula is C24H20N4O5. The van der Waals surface area contributed by atoms with Gasteiger partial charge in [0.15, 0.2) is 11.4 Å². The van der Waals surface area contributed by atoms with Crippen molar-refractivity contribution in [3.05, 3.63) is 78.8 Å². The monoisotopic (exact) mass is 444 g/mol. The predicted molar refractivity (Wildman–Crippen MR) is 119 cm³/mol. The van der Waals surface area contributed by atoms with Crippen molar-refractivity contribution in [3.63, 3.8) is 0 Å². The quantitative estimate of drug-likeness (QED) is 0.393. The van der Waals surface area contributed by atoms with E-state index in [9.17, 15) is 14.7 Å². The van der Waals surface area contributed by atoms with Gasteiger partial charge in [-0.15, -0.1) is 0 Å². The second-order valence-electron chi connectivity index (χ2n) is 7.66. The zero-order valence-electron chi connectivity index (χ0n) is 17.6. The molecule has 3 amide bonds. The fourth-order valence-electron chi connectivity index (χ4n) is 3.98. The van der Waals surface area contributed by atoms with Gasteiger partial charge in [0.2, 0.25) is 0 Å². The second kappa shape index (κ2) is 7.86. The van der Waals surface area contributed by atoms with Crippen LogP contribution < -0.4 is 20.1 Å². The van der Waals surface area contributed by atoms with Crippen LogP contribution in [0.2, 0.25) is 0 Å². The highest BCUT2D eigenvalue weighted by molar-refractivity contribution is 6.07. The normalized spacial score (nSPS) is 17.6. The van der Waals surface area contributed by atoms with E-state index in [1.807, 2.05) is 6.07 Å². The number of fused-ring (bicyclic) bond motifs is 1. The van der Waals surface area contributed by atoms with Gasteiger partial charge in [0.1, 0.15) is 17.2 Å². The van der Waals surface area contributed by atoms with Gasteiger partial charge < -0.3 is 24.5 Å². The highest BCUT2D eigenvalue weighted by Gasteiger charge is 2.48. The van der Waals surface area contributed by atoms with Gasteiger partial charge in [-0.05, 0) is 48.0 Å². The summed E-state index contributed by atoms with van der Waals surface area (Å²) in [5.74, 6) is 1.18. The van der Waals surface area contributed by atoms with E-state index in [-0.39, 0.29) is 12.4 Å². The van der Waals surface area contributed by atoms with Gasteiger partial charge in [-0.2, -0.15) is 0 Å². The third kappa shape index (κ3) is 3.59. The molecule has 1 atom stereocenters. The molecule has 0 aliphatic carbocycles. The molecule has 0 unspecified atom stereocenters. The van der Waals surface area contributed by atoms with Crippen molar-refractivity contribution in [2.24, 2.45) is 0 Å². The summed E-state index contributed by atoms with van der Waals surface area (Å²) in [5.41, 5.74) is -0.875. The largest absolute Gasteiger partial charge is 0.497 e. The Morgan fingerprint density at radius 2 is 1.85 bits per heavy atom. The standard InChI is InChI=1S/C24H20N4O5/c1-32-18-7-4-15-13-28(21(29)20(15)11-18)14-24(22(30)26-23(31)27-24)16-5-8-17(9-6-16)33-19-3-2-10-25-12-19/h2-13,29H,14H2,1H3,(H2,26,27,30,31)/t24-/m0/s1. The predicted octanol–water partition coefficient (Wildman–Crippen LogP) is 3.28. The second-order valence-corrected chi connectivity index (χ2v) is 7.66. The summed E-state index contributed by atoms with van der Waals surface area (Å²) in [5, 5.41) is 17.2. The first-order valence-corrected chi connectivity index (χ1v) is 10.2. The number of ether oxygens (including phenoxy) is 2. The van der Waals surface area contributed by atoms with Crippen LogP contribution in [0.25, 0.3) is 10.8 Å². The van der Waals surface area contributed by atoms with Crippen molar-refractivity contribution in [1.82, 2.24) is 20.2 Å². The molecular weight excluding hydrogens is 424 g/mol. The van der Waals surface area contributed by atoms with Gasteiger partial charge in [0, 0.05) is 23.2 Å². The van der Waals surface area contributed by atoms with Gasteiger partial charge in [0.25, 0.3) is 5.91 Å². The summed E-state index contributed by atoms with van der Waals surface area (Å²) in [6.45, 7) is -0.0176. The summed E-state index contributed by atoms with van der Waals surface area (Å²) in [6.07, 6.45) is 4.97. The molecule has 0 radical (unpaired) electrons. The molecule has 0 saturated carbocycles. The minimum Gasteiger partial charge on any atom is -0.497 e. The zero-order chi connectivity index (χ0) is 23.0. The number of carbonyl (C=O) groups is 2. The van der Waals surface area contributed by atoms with Crippen LogP contribution in [0.4, 0.5) is 4.79 Å². The fourth-order valence-corrected chi connectivity index (χ4v) is 3.98. The van der Waals surface area contributed by atoms with Gasteiger partial charge in [-0.25, -0.2) is 4.79 Å². The molecule has 2 aromatic heterocycles. The SMILES string of the molecule is COc1ccc2cn(C[C@@]3(c4ccc(Oc5cccnc5)cc4)NC(=O)NC3=O)c(O)c2c1. The molecule has 3 N–H and O–H groups in total. The number of amides is 3. The van der Waals surface area contributed by atoms with E-state index in [4.69, 9.17) is 9.47 Å². The number of hydrogen-bond acceptors (Lipinski definition) is 6. The number of nitrogens with one attached hydrogen (secondary N) is 2. The number of rotatable bonds is 6. The highest BCUT2D eigenvalue weighted by Crippen LogP contribution is 2.35. The van der Waals surface area contributed by atoms with Gasteiger partial charge >= 0.3 is 6.03 Å². The van der Waals surface area contributed by atoms with Gasteiger partial charge in [-0.1, -0.05) is 12.1 Å². The van der Waals surface area contributed by atoms with Gasteiger partial charge in [-0.3, -0.25) is 15.1 Å². The summed E-state index contributed by atoms with van der Waals surface area (Å²) < 4.78 is 12.5. The molecule has 4 aromatic rings. The number of aromatic hydroxyl groups is 1. The van der Waals surface area contributed by atoms with Crippen LogP contribution in [0.5, 0.6) is 23.1 Å². The molecule has 1 fully saturated rings. The molecule has 0 bridgehead atoms. The summed E-state index contributed by atoms with van der Waals surface area (Å²) in [4.78, 5) is 29.1. The number of urea groups is 1. The summed E-state index contributed by atoms with van der Waals surface area (Å²) in [7, 11) is 1.55. The van der Waals surface area contributed by atoms with E-state index < -0.39 is 17.5 Å². The van der Waals surface area contributed by atoms with Crippen molar-refractivity contribution in [2.75, 3.05) is 7.11 Å². The van der Waals surface area contributed by atoms with E-state index in [0.717, 1.165) is 5.39 Å². The van der Waals surface area contributed by atoms with Crippen LogP contribution in [0, 0.1) is 0 Å². The third-order valence-electron chi connectivity index (χ3n) is 5.63. The van der Waals surface area contributed by atoms with Crippen LogP contribution >= 0.6 is 0 Å². The Hall–Kier alpha value is -4.53. The summed E-state index contributed by atoms with van der Waals surface area (Å²) in [6, 6.07) is 15.1. The lowest BCUT2D eigenvalue weighted by Crippen LogP contribution is -2.47. The van der Waals surface area contributed by atoms with E-state index in [0.29, 0.717) is 28.2 Å². The van der Waals surface area contributed by atoms with Crippen molar-refractivity contribution >= 4 is 22.7 Å². The Morgan fingerprint density at radius 3 is 2.52 bits per heavy atom. The number of aromatic nitrogens is 2. The molecule has 33 heavy (non-hydrogen) atoms. The van der Waals surface area contributed by atoms with Crippen LogP contribution in [-0.4, -0.2) is 33.7 Å². The number of carbonyl (C=O) groups excluding carboxylic acids is 2. The molecule has 1 aliphatic rings. The lowest BCUT2D eigenvalue weighted by atomic mass is 9.89. The number of hydrogen-bond donors (Lipinski definition) is 3. The molecule has 1 saturated heterocycles. The topological polar surface area (TPSA) is 115 Å². The van der Waals surface area contributed by atoms with Crippen LogP contribution in [-0.2, 0) is 16.9 Å². The van der Waals surface area contributed by atoms with Crippen molar-refractivity contribution in [1.29, 1.82) is 0 Å². The van der Waals surface area contributed by atoms with Crippen LogP contribution in [0.1, 0.15) is 5.56 Å². The molecule has 3 heterocycles.